The van der Waals surface area contributed by atoms with E-state index in [0.717, 1.165) is 17.3 Å². The van der Waals surface area contributed by atoms with Crippen LogP contribution >= 0.6 is 0 Å². The van der Waals surface area contributed by atoms with Crippen molar-refractivity contribution in [3.05, 3.63) is 95.1 Å². The van der Waals surface area contributed by atoms with Crippen LogP contribution in [0.2, 0.25) is 0 Å². The Hall–Kier alpha value is -4.20. The molecule has 0 aliphatic carbocycles. The van der Waals surface area contributed by atoms with E-state index >= 15 is 0 Å². The number of amides is 1. The summed E-state index contributed by atoms with van der Waals surface area (Å²) in [5, 5.41) is 11.2. The van der Waals surface area contributed by atoms with E-state index < -0.39 is 29.3 Å². The third-order valence-electron chi connectivity index (χ3n) is 5.78. The molecule has 0 spiro atoms. The normalized spacial score (nSPS) is 17.2. The average molecular weight is 461 g/mol. The van der Waals surface area contributed by atoms with E-state index in [2.05, 4.69) is 4.98 Å². The number of halogens is 1. The Morgan fingerprint density at radius 1 is 1.09 bits per heavy atom. The van der Waals surface area contributed by atoms with Crippen molar-refractivity contribution in [3.8, 4) is 5.75 Å². The molecule has 1 aliphatic rings. The minimum Gasteiger partial charge on any atom is -0.507 e. The zero-order valence-corrected chi connectivity index (χ0v) is 19.0. The van der Waals surface area contributed by atoms with Gasteiger partial charge in [-0.15, -0.1) is 0 Å². The molecule has 1 N–H and O–H groups in total. The fraction of sp³-hybridized carbons (Fsp3) is 0.192. The minimum atomic E-state index is -0.877. The number of ketones is 1. The van der Waals surface area contributed by atoms with Gasteiger partial charge in [0.1, 0.15) is 17.3 Å². The fourth-order valence-electron chi connectivity index (χ4n) is 4.04. The highest BCUT2D eigenvalue weighted by atomic mass is 19.1. The predicted molar refractivity (Wildman–Crippen MR) is 126 cm³/mol. The molecular weight excluding hydrogens is 437 g/mol. The van der Waals surface area contributed by atoms with E-state index in [0.29, 0.717) is 5.56 Å². The second kappa shape index (κ2) is 9.35. The van der Waals surface area contributed by atoms with E-state index in [1.165, 1.54) is 24.1 Å². The van der Waals surface area contributed by atoms with Crippen molar-refractivity contribution in [2.45, 2.75) is 12.6 Å². The number of anilines is 1. The molecule has 1 fully saturated rings. The third-order valence-corrected chi connectivity index (χ3v) is 5.78. The maximum Gasteiger partial charge on any atom is 0.295 e. The van der Waals surface area contributed by atoms with Crippen molar-refractivity contribution in [1.29, 1.82) is 0 Å². The Kier molecular flexibility index (Phi) is 6.32. The van der Waals surface area contributed by atoms with Gasteiger partial charge < -0.3 is 19.6 Å². The van der Waals surface area contributed by atoms with Crippen molar-refractivity contribution < 1.29 is 23.8 Å². The molecule has 34 heavy (non-hydrogen) atoms. The molecule has 1 aromatic heterocycles. The van der Waals surface area contributed by atoms with Crippen LogP contribution in [0.4, 0.5) is 10.1 Å². The summed E-state index contributed by atoms with van der Waals surface area (Å²) >= 11 is 0. The second-order valence-electron chi connectivity index (χ2n) is 8.11. The Morgan fingerprint density at radius 3 is 2.38 bits per heavy atom. The van der Waals surface area contributed by atoms with Gasteiger partial charge in [-0.05, 0) is 53.6 Å². The van der Waals surface area contributed by atoms with Crippen LogP contribution in [0.15, 0.2) is 72.6 Å². The first kappa shape index (κ1) is 23.0. The zero-order chi connectivity index (χ0) is 24.4. The molecule has 0 saturated carbocycles. The molecule has 0 radical (unpaired) electrons. The van der Waals surface area contributed by atoms with Crippen LogP contribution in [0.5, 0.6) is 5.75 Å². The number of methoxy groups -OCH3 is 1. The number of aromatic nitrogens is 1. The summed E-state index contributed by atoms with van der Waals surface area (Å²) in [5.74, 6) is -2.52. The van der Waals surface area contributed by atoms with E-state index in [4.69, 9.17) is 4.74 Å². The van der Waals surface area contributed by atoms with Crippen LogP contribution < -0.4 is 9.64 Å². The number of ether oxygens (including phenoxy) is 1. The van der Waals surface area contributed by atoms with Crippen LogP contribution in [-0.4, -0.2) is 47.9 Å². The standard InChI is InChI=1S/C26H24FN3O4/c1-29(2)19-7-4-17(5-8-19)23-22(24(31)20-14-18(27)6-9-21(20)34-3)25(32)26(33)30(23)15-16-10-12-28-13-11-16/h4-14,23,31H,15H2,1-3H3/b24-22+. The molecule has 7 nitrogen and oxygen atoms in total. The van der Waals surface area contributed by atoms with Crippen molar-refractivity contribution in [1.82, 2.24) is 9.88 Å². The highest BCUT2D eigenvalue weighted by Gasteiger charge is 2.46. The fourth-order valence-corrected chi connectivity index (χ4v) is 4.04. The van der Waals surface area contributed by atoms with Gasteiger partial charge in [0.25, 0.3) is 11.7 Å². The summed E-state index contributed by atoms with van der Waals surface area (Å²) in [7, 11) is 5.19. The van der Waals surface area contributed by atoms with Gasteiger partial charge in [0, 0.05) is 38.7 Å². The summed E-state index contributed by atoms with van der Waals surface area (Å²) in [6.07, 6.45) is 3.20. The zero-order valence-electron chi connectivity index (χ0n) is 19.0. The number of benzene rings is 2. The summed E-state index contributed by atoms with van der Waals surface area (Å²) in [4.78, 5) is 33.7. The largest absolute Gasteiger partial charge is 0.507 e. The maximum atomic E-state index is 14.0. The Balaban J connectivity index is 1.90. The average Bonchev–Trinajstić information content (AvgIpc) is 3.09. The molecule has 1 atom stereocenters. The number of pyridine rings is 1. The van der Waals surface area contributed by atoms with E-state index in [-0.39, 0.29) is 23.4 Å². The maximum absolute atomic E-state index is 14.0. The molecule has 0 bridgehead atoms. The Bertz CT molecular complexity index is 1260. The first-order valence-electron chi connectivity index (χ1n) is 10.6. The topological polar surface area (TPSA) is 83.0 Å². The number of aliphatic hydroxyl groups excluding tert-OH is 1. The lowest BCUT2D eigenvalue weighted by Crippen LogP contribution is -2.29. The second-order valence-corrected chi connectivity index (χ2v) is 8.11. The van der Waals surface area contributed by atoms with Crippen LogP contribution in [-0.2, 0) is 16.1 Å². The highest BCUT2D eigenvalue weighted by molar-refractivity contribution is 6.46. The van der Waals surface area contributed by atoms with Crippen LogP contribution in [0, 0.1) is 5.82 Å². The van der Waals surface area contributed by atoms with Gasteiger partial charge in [-0.25, -0.2) is 4.39 Å². The SMILES string of the molecule is COc1ccc(F)cc1/C(O)=C1\C(=O)C(=O)N(Cc2ccncc2)C1c1ccc(N(C)C)cc1. The first-order valence-corrected chi connectivity index (χ1v) is 10.6. The van der Waals surface area contributed by atoms with Crippen LogP contribution in [0.25, 0.3) is 5.76 Å². The third kappa shape index (κ3) is 4.22. The first-order chi connectivity index (χ1) is 16.3. The van der Waals surface area contributed by atoms with Gasteiger partial charge in [-0.2, -0.15) is 0 Å². The number of aliphatic hydroxyl groups is 1. The molecule has 1 saturated heterocycles. The van der Waals surface area contributed by atoms with Gasteiger partial charge in [0.2, 0.25) is 0 Å². The van der Waals surface area contributed by atoms with Gasteiger partial charge >= 0.3 is 0 Å². The molecule has 1 amide bonds. The summed E-state index contributed by atoms with van der Waals surface area (Å²) in [6, 6.07) is 13.6. The highest BCUT2D eigenvalue weighted by Crippen LogP contribution is 2.42. The number of hydrogen-bond acceptors (Lipinski definition) is 6. The number of Topliss-reactive ketones (excluding diaryl/α,β-unsaturated/α-hetero) is 1. The monoisotopic (exact) mass is 461 g/mol. The summed E-state index contributed by atoms with van der Waals surface area (Å²) in [6.45, 7) is 0.129. The van der Waals surface area contributed by atoms with Gasteiger partial charge in [-0.3, -0.25) is 14.6 Å². The summed E-state index contributed by atoms with van der Waals surface area (Å²) < 4.78 is 19.3. The lowest BCUT2D eigenvalue weighted by molar-refractivity contribution is -0.140. The lowest BCUT2D eigenvalue weighted by Gasteiger charge is -2.26. The van der Waals surface area contributed by atoms with Gasteiger partial charge in [0.05, 0.1) is 24.3 Å². The number of hydrogen-bond donors (Lipinski definition) is 1. The molecule has 4 rings (SSSR count). The number of likely N-dealkylation sites (tertiary alicyclic amines) is 1. The lowest BCUT2D eigenvalue weighted by atomic mass is 9.94. The van der Waals surface area contributed by atoms with Crippen molar-refractivity contribution in [2.75, 3.05) is 26.1 Å². The van der Waals surface area contributed by atoms with E-state index in [1.54, 1.807) is 24.5 Å². The van der Waals surface area contributed by atoms with Crippen molar-refractivity contribution in [2.24, 2.45) is 0 Å². The number of carbonyl (C=O) groups excluding carboxylic acids is 2. The summed E-state index contributed by atoms with van der Waals surface area (Å²) in [5.41, 5.74) is 2.22. The molecule has 2 heterocycles. The molecule has 3 aromatic rings. The van der Waals surface area contributed by atoms with E-state index in [9.17, 15) is 19.1 Å². The smallest absolute Gasteiger partial charge is 0.295 e. The molecule has 174 valence electrons. The Morgan fingerprint density at radius 2 is 1.76 bits per heavy atom. The van der Waals surface area contributed by atoms with Crippen LogP contribution in [0.3, 0.4) is 0 Å². The molecular formula is C26H24FN3O4. The number of carbonyl (C=O) groups is 2. The predicted octanol–water partition coefficient (Wildman–Crippen LogP) is 3.92. The van der Waals surface area contributed by atoms with Crippen LogP contribution in [0.1, 0.15) is 22.7 Å². The van der Waals surface area contributed by atoms with E-state index in [1.807, 2.05) is 43.3 Å². The van der Waals surface area contributed by atoms with Crippen molar-refractivity contribution >= 4 is 23.1 Å². The Labute approximate surface area is 196 Å². The number of nitrogens with zero attached hydrogens (tertiary/aromatic N) is 3. The molecule has 1 aliphatic heterocycles. The van der Waals surface area contributed by atoms with Gasteiger partial charge in [-0.1, -0.05) is 12.1 Å². The number of rotatable bonds is 6. The quantitative estimate of drug-likeness (QED) is 0.340. The molecule has 2 aromatic carbocycles. The molecule has 8 heteroatoms. The molecule has 1 unspecified atom stereocenters. The van der Waals surface area contributed by atoms with Crippen molar-refractivity contribution in [3.63, 3.8) is 0 Å². The van der Waals surface area contributed by atoms with Gasteiger partial charge in [0.15, 0.2) is 0 Å². The minimum absolute atomic E-state index is 0.000627.